The van der Waals surface area contributed by atoms with Crippen molar-refractivity contribution >= 4 is 19.7 Å². The summed E-state index contributed by atoms with van der Waals surface area (Å²) in [5.74, 6) is -0.503. The summed E-state index contributed by atoms with van der Waals surface area (Å²) in [6.07, 6.45) is 51.5. The Morgan fingerprint density at radius 3 is 1.25 bits per heavy atom. The Balaban J connectivity index is 3.51. The van der Waals surface area contributed by atoms with Gasteiger partial charge in [-0.15, -0.1) is 0 Å². The first-order valence-electron chi connectivity index (χ1n) is 25.7. The van der Waals surface area contributed by atoms with Gasteiger partial charge in [-0.3, -0.25) is 18.6 Å². The number of hydrogen-bond donors (Lipinski definition) is 3. The largest absolute Gasteiger partial charge is 0.472 e. The highest BCUT2D eigenvalue weighted by Crippen LogP contribution is 2.42. The van der Waals surface area contributed by atoms with Crippen LogP contribution in [-0.4, -0.2) is 54.3 Å². The molecule has 1 amide bonds. The average molecular weight is 872 g/mol. The van der Waals surface area contributed by atoms with Crippen molar-refractivity contribution < 1.29 is 37.9 Å². The first kappa shape index (κ1) is 58.8. The van der Waals surface area contributed by atoms with Crippen molar-refractivity contribution in [1.82, 2.24) is 5.32 Å². The monoisotopic (exact) mass is 872 g/mol. The molecule has 0 fully saturated rings. The van der Waals surface area contributed by atoms with Gasteiger partial charge in [-0.05, 0) is 38.5 Å². The molecule has 0 saturated carbocycles. The highest BCUT2D eigenvalue weighted by molar-refractivity contribution is 7.47. The zero-order valence-corrected chi connectivity index (χ0v) is 40.3. The van der Waals surface area contributed by atoms with Crippen LogP contribution in [0, 0.1) is 0 Å². The zero-order valence-electron chi connectivity index (χ0n) is 39.4. The van der Waals surface area contributed by atoms with Crippen molar-refractivity contribution in [2.45, 2.75) is 270 Å². The van der Waals surface area contributed by atoms with E-state index in [9.17, 15) is 24.2 Å². The molecule has 2 unspecified atom stereocenters. The minimum absolute atomic E-state index is 0.0872. The van der Waals surface area contributed by atoms with Gasteiger partial charge in [0.25, 0.3) is 0 Å². The van der Waals surface area contributed by atoms with Crippen LogP contribution < -0.4 is 5.32 Å². The van der Waals surface area contributed by atoms with Crippen LogP contribution in [0.25, 0.3) is 0 Å². The minimum atomic E-state index is -4.42. The number of amides is 1. The molecule has 10 heteroatoms. The number of phosphoric ester groups is 1. The van der Waals surface area contributed by atoms with Crippen molar-refractivity contribution in [1.29, 1.82) is 0 Å². The molecule has 0 bridgehead atoms. The SMILES string of the molecule is CCCCCCCC/C=C/CCCCCCCCCCCCCCCC(=O)OCC(O)COP(=O)(O)OCCNC(=O)CCCCCCCCCCCCCCCCCC. The van der Waals surface area contributed by atoms with Gasteiger partial charge in [0.1, 0.15) is 12.7 Å². The number of hydrogen-bond acceptors (Lipinski definition) is 7. The van der Waals surface area contributed by atoms with E-state index in [0.717, 1.165) is 38.5 Å². The minimum Gasteiger partial charge on any atom is -0.463 e. The van der Waals surface area contributed by atoms with Gasteiger partial charge in [-0.1, -0.05) is 225 Å². The predicted octanol–water partition coefficient (Wildman–Crippen LogP) is 15.0. The number of unbranched alkanes of at least 4 members (excludes halogenated alkanes) is 34. The Kier molecular flexibility index (Phi) is 46.3. The number of aliphatic hydroxyl groups is 1. The fourth-order valence-electron chi connectivity index (χ4n) is 7.55. The Labute approximate surface area is 370 Å². The zero-order chi connectivity index (χ0) is 43.9. The molecular formula is C50H98NO8P. The Hall–Kier alpha value is -1.25. The number of carbonyl (C=O) groups excluding carboxylic acids is 2. The predicted molar refractivity (Wildman–Crippen MR) is 252 cm³/mol. The Morgan fingerprint density at radius 2 is 0.850 bits per heavy atom. The van der Waals surface area contributed by atoms with Crippen LogP contribution in [0.3, 0.4) is 0 Å². The van der Waals surface area contributed by atoms with Gasteiger partial charge in [0.2, 0.25) is 5.91 Å². The van der Waals surface area contributed by atoms with Gasteiger partial charge >= 0.3 is 13.8 Å². The molecule has 0 aromatic rings. The smallest absolute Gasteiger partial charge is 0.463 e. The van der Waals surface area contributed by atoms with Crippen LogP contribution in [0.5, 0.6) is 0 Å². The van der Waals surface area contributed by atoms with E-state index in [4.69, 9.17) is 13.8 Å². The van der Waals surface area contributed by atoms with E-state index in [1.807, 2.05) is 0 Å². The van der Waals surface area contributed by atoms with Crippen molar-refractivity contribution in [3.8, 4) is 0 Å². The second-order valence-electron chi connectivity index (χ2n) is 17.5. The summed E-state index contributed by atoms with van der Waals surface area (Å²) in [6, 6.07) is 0. The summed E-state index contributed by atoms with van der Waals surface area (Å²) in [6.45, 7) is 3.61. The van der Waals surface area contributed by atoms with E-state index in [0.29, 0.717) is 6.42 Å². The van der Waals surface area contributed by atoms with Crippen LogP contribution in [0.2, 0.25) is 0 Å². The van der Waals surface area contributed by atoms with Crippen LogP contribution in [0.4, 0.5) is 0 Å². The van der Waals surface area contributed by atoms with Gasteiger partial charge in [0.15, 0.2) is 0 Å². The molecular weight excluding hydrogens is 774 g/mol. The summed E-state index contributed by atoms with van der Waals surface area (Å²) in [7, 11) is -4.42. The molecule has 60 heavy (non-hydrogen) atoms. The molecule has 0 aliphatic heterocycles. The third-order valence-corrected chi connectivity index (χ3v) is 12.4. The van der Waals surface area contributed by atoms with Crippen LogP contribution in [0.15, 0.2) is 12.2 Å². The van der Waals surface area contributed by atoms with Gasteiger partial charge in [-0.2, -0.15) is 0 Å². The van der Waals surface area contributed by atoms with Crippen LogP contribution >= 0.6 is 7.82 Å². The molecule has 356 valence electrons. The lowest BCUT2D eigenvalue weighted by atomic mass is 10.0. The molecule has 0 radical (unpaired) electrons. The highest BCUT2D eigenvalue weighted by atomic mass is 31.2. The first-order valence-corrected chi connectivity index (χ1v) is 27.2. The van der Waals surface area contributed by atoms with Gasteiger partial charge in [0.05, 0.1) is 13.2 Å². The molecule has 0 rings (SSSR count). The maximum absolute atomic E-state index is 12.1. The number of phosphoric acid groups is 1. The number of ether oxygens (including phenoxy) is 1. The second-order valence-corrected chi connectivity index (χ2v) is 19.0. The number of aliphatic hydroxyl groups excluding tert-OH is 1. The molecule has 0 aromatic carbocycles. The Morgan fingerprint density at radius 1 is 0.500 bits per heavy atom. The quantitative estimate of drug-likeness (QED) is 0.0238. The summed E-state index contributed by atoms with van der Waals surface area (Å²) in [5, 5.41) is 12.8. The van der Waals surface area contributed by atoms with Crippen LogP contribution in [-0.2, 0) is 27.9 Å². The second kappa shape index (κ2) is 47.2. The average Bonchev–Trinajstić information content (AvgIpc) is 3.23. The third kappa shape index (κ3) is 47.8. The number of carbonyl (C=O) groups is 2. The summed E-state index contributed by atoms with van der Waals surface area (Å²) in [5.41, 5.74) is 0. The lowest BCUT2D eigenvalue weighted by molar-refractivity contribution is -0.147. The van der Waals surface area contributed by atoms with Crippen LogP contribution in [0.1, 0.15) is 264 Å². The summed E-state index contributed by atoms with van der Waals surface area (Å²) < 4.78 is 27.0. The first-order chi connectivity index (χ1) is 29.3. The van der Waals surface area contributed by atoms with E-state index < -0.39 is 26.5 Å². The number of rotatable bonds is 49. The standard InChI is InChI=1S/C50H98NO8P/c1-3-5-7-9-11-13-15-17-19-21-22-23-24-25-26-27-29-31-33-35-37-39-41-43-50(54)57-46-48(52)47-59-60(55,56)58-45-44-51-49(53)42-40-38-36-34-32-30-28-20-18-16-14-12-10-8-6-4-2/h17,19,48,52H,3-16,18,20-47H2,1-2H3,(H,51,53)(H,55,56)/b19-17+. The van der Waals surface area contributed by atoms with Gasteiger partial charge in [0, 0.05) is 19.4 Å². The number of nitrogens with one attached hydrogen (secondary N) is 1. The molecule has 9 nitrogen and oxygen atoms in total. The molecule has 0 heterocycles. The van der Waals surface area contributed by atoms with Gasteiger partial charge < -0.3 is 20.1 Å². The van der Waals surface area contributed by atoms with E-state index in [1.54, 1.807) is 0 Å². The highest BCUT2D eigenvalue weighted by Gasteiger charge is 2.23. The van der Waals surface area contributed by atoms with Gasteiger partial charge in [-0.25, -0.2) is 4.57 Å². The molecule has 0 spiro atoms. The third-order valence-electron chi connectivity index (χ3n) is 11.4. The molecule has 2 atom stereocenters. The lowest BCUT2D eigenvalue weighted by Crippen LogP contribution is -2.27. The number of allylic oxidation sites excluding steroid dienone is 2. The van der Waals surface area contributed by atoms with E-state index >= 15 is 0 Å². The topological polar surface area (TPSA) is 131 Å². The van der Waals surface area contributed by atoms with Crippen molar-refractivity contribution in [3.05, 3.63) is 12.2 Å². The molecule has 0 saturated heterocycles. The normalized spacial score (nSPS) is 13.2. The van der Waals surface area contributed by atoms with Crippen molar-refractivity contribution in [2.75, 3.05) is 26.4 Å². The molecule has 0 aliphatic rings. The molecule has 0 aliphatic carbocycles. The fourth-order valence-corrected chi connectivity index (χ4v) is 8.31. The molecule has 3 N–H and O–H groups in total. The summed E-state index contributed by atoms with van der Waals surface area (Å²) >= 11 is 0. The van der Waals surface area contributed by atoms with Crippen molar-refractivity contribution in [2.24, 2.45) is 0 Å². The van der Waals surface area contributed by atoms with Crippen molar-refractivity contribution in [3.63, 3.8) is 0 Å². The lowest BCUT2D eigenvalue weighted by Gasteiger charge is -2.15. The maximum atomic E-state index is 12.1. The molecule has 0 aromatic heterocycles. The summed E-state index contributed by atoms with van der Waals surface area (Å²) in [4.78, 5) is 34.0. The maximum Gasteiger partial charge on any atom is 0.472 e. The van der Waals surface area contributed by atoms with E-state index in [-0.39, 0.29) is 32.1 Å². The van der Waals surface area contributed by atoms with E-state index in [1.165, 1.54) is 199 Å². The van der Waals surface area contributed by atoms with E-state index in [2.05, 4.69) is 31.3 Å². The fraction of sp³-hybridized carbons (Fsp3) is 0.920. The number of esters is 1. The Bertz CT molecular complexity index is 995.